The lowest BCUT2D eigenvalue weighted by atomic mass is 10.2. The highest BCUT2D eigenvalue weighted by Crippen LogP contribution is 2.27. The maximum absolute atomic E-state index is 12.2. The van der Waals surface area contributed by atoms with Gasteiger partial charge in [-0.05, 0) is 51.8 Å². The summed E-state index contributed by atoms with van der Waals surface area (Å²) in [5, 5.41) is 15.7. The molecule has 3 aromatic rings. The summed E-state index contributed by atoms with van der Waals surface area (Å²) in [6.07, 6.45) is 1.63. The van der Waals surface area contributed by atoms with E-state index in [2.05, 4.69) is 36.5 Å². The Kier molecular flexibility index (Phi) is 5.72. The van der Waals surface area contributed by atoms with Crippen molar-refractivity contribution in [3.63, 3.8) is 0 Å². The topological polar surface area (TPSA) is 111 Å². The van der Waals surface area contributed by atoms with Gasteiger partial charge in [0.15, 0.2) is 0 Å². The number of phenols is 1. The summed E-state index contributed by atoms with van der Waals surface area (Å²) in [5.41, 5.74) is 2.10. The van der Waals surface area contributed by atoms with Crippen molar-refractivity contribution in [3.05, 3.63) is 64.8 Å². The van der Waals surface area contributed by atoms with Crippen LogP contribution in [0.5, 0.6) is 5.75 Å². The largest absolute Gasteiger partial charge is 0.508 e. The zero-order valence-corrected chi connectivity index (χ0v) is 18.1. The SMILES string of the molecule is CN1CC(=O)N(c2cccc(Nc3ncc(Br)c(NCc4ccc(O)cc4)n3)c2)C1=O. The Bertz CT molecular complexity index is 1140. The van der Waals surface area contributed by atoms with E-state index in [9.17, 15) is 14.7 Å². The second-order valence-electron chi connectivity index (χ2n) is 6.95. The summed E-state index contributed by atoms with van der Waals surface area (Å²) >= 11 is 3.43. The first-order valence-corrected chi connectivity index (χ1v) is 10.2. The minimum Gasteiger partial charge on any atom is -0.508 e. The Labute approximate surface area is 186 Å². The van der Waals surface area contributed by atoms with Gasteiger partial charge in [-0.3, -0.25) is 4.79 Å². The fourth-order valence-electron chi connectivity index (χ4n) is 3.08. The molecule has 1 aliphatic heterocycles. The van der Waals surface area contributed by atoms with Gasteiger partial charge in [0.05, 0.1) is 10.2 Å². The number of carbonyl (C=O) groups is 2. The van der Waals surface area contributed by atoms with Crippen LogP contribution in [0.3, 0.4) is 0 Å². The third-order valence-corrected chi connectivity index (χ3v) is 5.22. The zero-order valence-electron chi connectivity index (χ0n) is 16.5. The van der Waals surface area contributed by atoms with Gasteiger partial charge in [0.25, 0.3) is 5.91 Å². The van der Waals surface area contributed by atoms with E-state index < -0.39 is 0 Å². The summed E-state index contributed by atoms with van der Waals surface area (Å²) in [6.45, 7) is 0.569. The van der Waals surface area contributed by atoms with E-state index in [4.69, 9.17) is 0 Å². The van der Waals surface area contributed by atoms with Crippen molar-refractivity contribution in [3.8, 4) is 5.75 Å². The van der Waals surface area contributed by atoms with Crippen molar-refractivity contribution in [1.82, 2.24) is 14.9 Å². The van der Waals surface area contributed by atoms with Gasteiger partial charge < -0.3 is 20.6 Å². The molecule has 0 saturated carbocycles. The van der Waals surface area contributed by atoms with Crippen molar-refractivity contribution in [2.75, 3.05) is 29.1 Å². The maximum atomic E-state index is 12.2. The van der Waals surface area contributed by atoms with Gasteiger partial charge in [-0.2, -0.15) is 4.98 Å². The molecule has 2 heterocycles. The number of amides is 3. The Morgan fingerprint density at radius 1 is 1.16 bits per heavy atom. The number of likely N-dealkylation sites (N-methyl/N-ethyl adjacent to an activating group) is 1. The fourth-order valence-corrected chi connectivity index (χ4v) is 3.41. The number of halogens is 1. The molecular weight excluding hydrogens is 464 g/mol. The molecule has 158 valence electrons. The molecule has 0 bridgehead atoms. The van der Waals surface area contributed by atoms with Gasteiger partial charge in [0.1, 0.15) is 18.1 Å². The second-order valence-corrected chi connectivity index (χ2v) is 7.81. The van der Waals surface area contributed by atoms with E-state index in [1.165, 1.54) is 4.90 Å². The van der Waals surface area contributed by atoms with E-state index in [-0.39, 0.29) is 24.2 Å². The summed E-state index contributed by atoms with van der Waals surface area (Å²) in [6, 6.07) is 13.5. The number of carbonyl (C=O) groups excluding carboxylic acids is 2. The molecule has 1 aliphatic rings. The zero-order chi connectivity index (χ0) is 22.0. The maximum Gasteiger partial charge on any atom is 0.331 e. The molecule has 31 heavy (non-hydrogen) atoms. The van der Waals surface area contributed by atoms with E-state index in [1.807, 2.05) is 12.1 Å². The van der Waals surface area contributed by atoms with Gasteiger partial charge in [0, 0.05) is 25.5 Å². The molecule has 1 saturated heterocycles. The standard InChI is InChI=1S/C21H19BrN6O3/c1-27-12-18(30)28(21(27)31)15-4-2-3-14(9-15)25-20-24-11-17(22)19(26-20)23-10-13-5-7-16(29)8-6-13/h2-9,11,29H,10,12H2,1H3,(H2,23,24,25,26). The van der Waals surface area contributed by atoms with Crippen molar-refractivity contribution in [2.45, 2.75) is 6.54 Å². The third kappa shape index (κ3) is 4.58. The van der Waals surface area contributed by atoms with Crippen LogP contribution in [-0.2, 0) is 11.3 Å². The first kappa shape index (κ1) is 20.6. The van der Waals surface area contributed by atoms with Crippen LogP contribution in [-0.4, -0.2) is 45.5 Å². The Balaban J connectivity index is 1.49. The number of rotatable bonds is 6. The minimum absolute atomic E-state index is 0.0579. The number of aromatic hydroxyl groups is 1. The number of urea groups is 1. The molecule has 0 radical (unpaired) electrons. The van der Waals surface area contributed by atoms with Crippen molar-refractivity contribution < 1.29 is 14.7 Å². The highest BCUT2D eigenvalue weighted by molar-refractivity contribution is 9.10. The first-order chi connectivity index (χ1) is 14.9. The highest BCUT2D eigenvalue weighted by Gasteiger charge is 2.34. The molecule has 3 amide bonds. The Morgan fingerprint density at radius 2 is 1.94 bits per heavy atom. The van der Waals surface area contributed by atoms with E-state index >= 15 is 0 Å². The molecule has 1 aromatic heterocycles. The molecule has 0 atom stereocenters. The molecular formula is C21H19BrN6O3. The van der Waals surface area contributed by atoms with Crippen LogP contribution in [0.4, 0.5) is 27.9 Å². The van der Waals surface area contributed by atoms with Crippen LogP contribution in [0.15, 0.2) is 59.2 Å². The highest BCUT2D eigenvalue weighted by atomic mass is 79.9. The minimum atomic E-state index is -0.359. The number of nitrogens with zero attached hydrogens (tertiary/aromatic N) is 4. The number of anilines is 4. The van der Waals surface area contributed by atoms with Gasteiger partial charge >= 0.3 is 6.03 Å². The Hall–Kier alpha value is -3.66. The number of hydrogen-bond acceptors (Lipinski definition) is 7. The third-order valence-electron chi connectivity index (χ3n) is 4.64. The molecule has 0 unspecified atom stereocenters. The second kappa shape index (κ2) is 8.60. The lowest BCUT2D eigenvalue weighted by Crippen LogP contribution is -2.31. The van der Waals surface area contributed by atoms with Gasteiger partial charge in [-0.25, -0.2) is 14.7 Å². The number of nitrogens with one attached hydrogen (secondary N) is 2. The summed E-state index contributed by atoms with van der Waals surface area (Å²) in [5.74, 6) is 0.882. The van der Waals surface area contributed by atoms with Crippen molar-refractivity contribution >= 4 is 51.0 Å². The molecule has 9 nitrogen and oxygen atoms in total. The van der Waals surface area contributed by atoms with E-state index in [0.717, 1.165) is 10.5 Å². The number of phenolic OH excluding ortho intramolecular Hbond substituents is 1. The van der Waals surface area contributed by atoms with Crippen LogP contribution in [0.1, 0.15) is 5.56 Å². The smallest absolute Gasteiger partial charge is 0.331 e. The van der Waals surface area contributed by atoms with Crippen LogP contribution >= 0.6 is 15.9 Å². The van der Waals surface area contributed by atoms with E-state index in [0.29, 0.717) is 34.2 Å². The normalized spacial score (nSPS) is 13.6. The average molecular weight is 483 g/mol. The lowest BCUT2D eigenvalue weighted by molar-refractivity contribution is -0.116. The van der Waals surface area contributed by atoms with Crippen molar-refractivity contribution in [1.29, 1.82) is 0 Å². The molecule has 0 aliphatic carbocycles. The monoisotopic (exact) mass is 482 g/mol. The predicted molar refractivity (Wildman–Crippen MR) is 120 cm³/mol. The summed E-state index contributed by atoms with van der Waals surface area (Å²) in [4.78, 5) is 35.7. The van der Waals surface area contributed by atoms with Crippen LogP contribution in [0.2, 0.25) is 0 Å². The lowest BCUT2D eigenvalue weighted by Gasteiger charge is -2.15. The van der Waals surface area contributed by atoms with Crippen LogP contribution in [0, 0.1) is 0 Å². The van der Waals surface area contributed by atoms with Gasteiger partial charge in [-0.15, -0.1) is 0 Å². The molecule has 10 heteroatoms. The van der Waals surface area contributed by atoms with Crippen molar-refractivity contribution in [2.24, 2.45) is 0 Å². The summed E-state index contributed by atoms with van der Waals surface area (Å²) in [7, 11) is 1.59. The fraction of sp³-hybridized carbons (Fsp3) is 0.143. The van der Waals surface area contributed by atoms with Crippen LogP contribution < -0.4 is 15.5 Å². The average Bonchev–Trinajstić information content (AvgIpc) is 3.01. The first-order valence-electron chi connectivity index (χ1n) is 9.40. The predicted octanol–water partition coefficient (Wildman–Crippen LogP) is 3.70. The molecule has 2 aromatic carbocycles. The molecule has 0 spiro atoms. The Morgan fingerprint density at radius 3 is 2.65 bits per heavy atom. The molecule has 1 fully saturated rings. The molecule has 4 rings (SSSR count). The quantitative estimate of drug-likeness (QED) is 0.459. The summed E-state index contributed by atoms with van der Waals surface area (Å²) < 4.78 is 0.696. The number of hydrogen-bond donors (Lipinski definition) is 3. The van der Waals surface area contributed by atoms with Gasteiger partial charge in [-0.1, -0.05) is 18.2 Å². The van der Waals surface area contributed by atoms with E-state index in [1.54, 1.807) is 49.6 Å². The number of benzene rings is 2. The van der Waals surface area contributed by atoms with Crippen LogP contribution in [0.25, 0.3) is 0 Å². The molecule has 3 N–H and O–H groups in total. The number of imide groups is 1. The number of aromatic nitrogens is 2. The van der Waals surface area contributed by atoms with Gasteiger partial charge in [0.2, 0.25) is 5.95 Å².